The second kappa shape index (κ2) is 7.82. The number of benzene rings is 1. The van der Waals surface area contributed by atoms with Gasteiger partial charge in [-0.1, -0.05) is 6.07 Å². The van der Waals surface area contributed by atoms with Crippen LogP contribution >= 0.6 is 0 Å². The number of pyridine rings is 1. The number of hydrogen-bond donors (Lipinski definition) is 2. The fraction of sp³-hybridized carbons (Fsp3) is 0.318. The number of carbonyl (C=O) groups is 2. The van der Waals surface area contributed by atoms with Gasteiger partial charge in [-0.15, -0.1) is 0 Å². The molecule has 3 atom stereocenters. The third-order valence-corrected chi connectivity index (χ3v) is 6.21. The zero-order valence-electron chi connectivity index (χ0n) is 17.6. The number of nitrogens with zero attached hydrogens (tertiary/aromatic N) is 2. The van der Waals surface area contributed by atoms with Gasteiger partial charge in [0.2, 0.25) is 5.43 Å². The molecular formula is C22H16F5N3O5. The molecule has 0 saturated carbocycles. The first-order valence-corrected chi connectivity index (χ1v) is 10.4. The molecule has 1 unspecified atom stereocenters. The SMILES string of the molecule is O=C(N[C@@H](c1ccc(F)cc1F)C(F)(F)F)c1cn2c(c(O)c1=O)C(=O)N1C(C2)OC2=CC[C@H]1C2. The normalized spacial score (nSPS) is 21.6. The Morgan fingerprint density at radius 2 is 1.97 bits per heavy atom. The van der Waals surface area contributed by atoms with Crippen LogP contribution in [-0.2, 0) is 11.3 Å². The predicted molar refractivity (Wildman–Crippen MR) is 107 cm³/mol. The molecule has 2 N–H and O–H groups in total. The molecule has 13 heteroatoms. The molecule has 1 aromatic heterocycles. The minimum atomic E-state index is -5.21. The quantitative estimate of drug-likeness (QED) is 0.636. The molecule has 3 heterocycles. The average Bonchev–Trinajstić information content (AvgIpc) is 3.14. The summed E-state index contributed by atoms with van der Waals surface area (Å²) in [4.78, 5) is 39.8. The van der Waals surface area contributed by atoms with Gasteiger partial charge in [0, 0.05) is 30.3 Å². The number of fused-ring (bicyclic) bond motifs is 5. The van der Waals surface area contributed by atoms with E-state index in [4.69, 9.17) is 4.74 Å². The third kappa shape index (κ3) is 3.70. The molecule has 2 aromatic rings. The van der Waals surface area contributed by atoms with Gasteiger partial charge >= 0.3 is 6.18 Å². The molecule has 1 aliphatic carbocycles. The maximum Gasteiger partial charge on any atom is 0.412 e. The van der Waals surface area contributed by atoms with Crippen LogP contribution in [0.15, 0.2) is 41.0 Å². The van der Waals surface area contributed by atoms with Crippen LogP contribution in [0, 0.1) is 11.6 Å². The van der Waals surface area contributed by atoms with Crippen molar-refractivity contribution in [1.29, 1.82) is 0 Å². The molecule has 1 fully saturated rings. The Morgan fingerprint density at radius 1 is 1.23 bits per heavy atom. The number of ether oxygens (including phenoxy) is 1. The highest BCUT2D eigenvalue weighted by molar-refractivity contribution is 5.99. The van der Waals surface area contributed by atoms with Gasteiger partial charge in [0.05, 0.1) is 12.3 Å². The summed E-state index contributed by atoms with van der Waals surface area (Å²) in [5, 5.41) is 12.0. The van der Waals surface area contributed by atoms with Gasteiger partial charge in [-0.2, -0.15) is 13.2 Å². The van der Waals surface area contributed by atoms with Crippen molar-refractivity contribution in [3.8, 4) is 5.75 Å². The number of halogens is 5. The lowest BCUT2D eigenvalue weighted by atomic mass is 10.0. The summed E-state index contributed by atoms with van der Waals surface area (Å²) in [5.41, 5.74) is -3.76. The van der Waals surface area contributed by atoms with Gasteiger partial charge in [0.25, 0.3) is 11.8 Å². The van der Waals surface area contributed by atoms with Crippen molar-refractivity contribution in [2.45, 2.75) is 43.9 Å². The van der Waals surface area contributed by atoms with Crippen molar-refractivity contribution >= 4 is 11.8 Å². The van der Waals surface area contributed by atoms with Crippen LogP contribution in [0.3, 0.4) is 0 Å². The number of carbonyl (C=O) groups excluding carboxylic acids is 2. The fourth-order valence-corrected chi connectivity index (χ4v) is 4.61. The van der Waals surface area contributed by atoms with Crippen molar-refractivity contribution in [2.75, 3.05) is 0 Å². The monoisotopic (exact) mass is 497 g/mol. The molecule has 35 heavy (non-hydrogen) atoms. The molecule has 2 aliphatic heterocycles. The molecule has 2 amide bonds. The van der Waals surface area contributed by atoms with Crippen molar-refractivity contribution in [1.82, 2.24) is 14.8 Å². The maximum atomic E-state index is 14.1. The Morgan fingerprint density at radius 3 is 2.66 bits per heavy atom. The van der Waals surface area contributed by atoms with E-state index in [1.807, 2.05) is 6.08 Å². The van der Waals surface area contributed by atoms with E-state index in [0.717, 1.165) is 10.8 Å². The topological polar surface area (TPSA) is 101 Å². The number of nitrogens with one attached hydrogen (secondary N) is 1. The Balaban J connectivity index is 1.51. The lowest BCUT2D eigenvalue weighted by molar-refractivity contribution is -0.155. The summed E-state index contributed by atoms with van der Waals surface area (Å²) >= 11 is 0. The van der Waals surface area contributed by atoms with E-state index < -0.39 is 69.9 Å². The van der Waals surface area contributed by atoms with Crippen LogP contribution in [0.5, 0.6) is 5.75 Å². The Kier molecular flexibility index (Phi) is 5.11. The van der Waals surface area contributed by atoms with Gasteiger partial charge in [0.15, 0.2) is 23.7 Å². The van der Waals surface area contributed by atoms with Gasteiger partial charge in [-0.3, -0.25) is 19.3 Å². The van der Waals surface area contributed by atoms with Crippen molar-refractivity contribution < 1.29 is 41.4 Å². The third-order valence-electron chi connectivity index (χ3n) is 6.21. The molecule has 5 rings (SSSR count). The minimum Gasteiger partial charge on any atom is -0.503 e. The minimum absolute atomic E-state index is 0.0989. The number of aromatic hydroxyl groups is 1. The Labute approximate surface area is 193 Å². The van der Waals surface area contributed by atoms with E-state index in [9.17, 15) is 41.4 Å². The lowest BCUT2D eigenvalue weighted by Gasteiger charge is -2.43. The summed E-state index contributed by atoms with van der Waals surface area (Å²) in [6, 6.07) is -1.80. The van der Waals surface area contributed by atoms with E-state index >= 15 is 0 Å². The van der Waals surface area contributed by atoms with Crippen LogP contribution < -0.4 is 10.7 Å². The van der Waals surface area contributed by atoms with E-state index in [-0.39, 0.29) is 18.7 Å². The molecule has 1 aromatic carbocycles. The number of amides is 2. The Hall–Kier alpha value is -3.90. The van der Waals surface area contributed by atoms with Crippen molar-refractivity contribution in [3.05, 3.63) is 74.9 Å². The van der Waals surface area contributed by atoms with Crippen LogP contribution in [-0.4, -0.2) is 44.8 Å². The van der Waals surface area contributed by atoms with E-state index in [1.165, 1.54) is 10.2 Å². The summed E-state index contributed by atoms with van der Waals surface area (Å²) in [5.74, 6) is -5.40. The zero-order valence-corrected chi connectivity index (χ0v) is 17.6. The predicted octanol–water partition coefficient (Wildman–Crippen LogP) is 2.72. The number of hydrogen-bond acceptors (Lipinski definition) is 5. The first kappa shape index (κ1) is 22.9. The lowest BCUT2D eigenvalue weighted by Crippen LogP contribution is -2.56. The first-order valence-electron chi connectivity index (χ1n) is 10.4. The summed E-state index contributed by atoms with van der Waals surface area (Å²) < 4.78 is 75.0. The standard InChI is InChI=1S/C22H16F5N3O5/c23-9-1-4-12(14(24)5-9)19(22(25,26)27)28-20(33)13-7-29-8-15-30(10-2-3-11(6-10)35-15)21(34)16(29)18(32)17(13)31/h1,3-5,7,10,15,19,32H,2,6,8H2,(H,28,33)/t10-,15?,19-/m0/s1. The van der Waals surface area contributed by atoms with Crippen LogP contribution in [0.25, 0.3) is 0 Å². The molecule has 3 aliphatic rings. The molecule has 0 radical (unpaired) electrons. The summed E-state index contributed by atoms with van der Waals surface area (Å²) in [6.45, 7) is -0.0989. The van der Waals surface area contributed by atoms with E-state index in [1.54, 1.807) is 0 Å². The summed E-state index contributed by atoms with van der Waals surface area (Å²) in [7, 11) is 0. The number of aromatic nitrogens is 1. The van der Waals surface area contributed by atoms with Crippen molar-refractivity contribution in [2.24, 2.45) is 0 Å². The second-order valence-electron chi connectivity index (χ2n) is 8.38. The average molecular weight is 497 g/mol. The van der Waals surface area contributed by atoms with Crippen LogP contribution in [0.2, 0.25) is 0 Å². The Bertz CT molecular complexity index is 1350. The smallest absolute Gasteiger partial charge is 0.412 e. The largest absolute Gasteiger partial charge is 0.503 e. The van der Waals surface area contributed by atoms with Crippen molar-refractivity contribution in [3.63, 3.8) is 0 Å². The van der Waals surface area contributed by atoms with Gasteiger partial charge < -0.3 is 19.7 Å². The maximum absolute atomic E-state index is 14.1. The highest BCUT2D eigenvalue weighted by Gasteiger charge is 2.47. The van der Waals surface area contributed by atoms with Gasteiger partial charge in [-0.25, -0.2) is 8.78 Å². The summed E-state index contributed by atoms with van der Waals surface area (Å²) in [6.07, 6.45) is -2.33. The number of alkyl halides is 3. The molecule has 0 spiro atoms. The number of rotatable bonds is 3. The van der Waals surface area contributed by atoms with E-state index in [2.05, 4.69) is 0 Å². The van der Waals surface area contributed by atoms with Gasteiger partial charge in [0.1, 0.15) is 17.2 Å². The highest BCUT2D eigenvalue weighted by atomic mass is 19.4. The second-order valence-corrected chi connectivity index (χ2v) is 8.38. The molecule has 2 bridgehead atoms. The molecule has 184 valence electrons. The van der Waals surface area contributed by atoms with E-state index in [0.29, 0.717) is 30.7 Å². The molecule has 8 nitrogen and oxygen atoms in total. The van der Waals surface area contributed by atoms with Crippen LogP contribution in [0.4, 0.5) is 22.0 Å². The van der Waals surface area contributed by atoms with Crippen LogP contribution in [0.1, 0.15) is 45.3 Å². The fourth-order valence-electron chi connectivity index (χ4n) is 4.61. The molecule has 1 saturated heterocycles. The molecular weight excluding hydrogens is 481 g/mol. The zero-order chi connectivity index (χ0) is 25.2. The van der Waals surface area contributed by atoms with Gasteiger partial charge in [-0.05, 0) is 18.6 Å². The first-order chi connectivity index (χ1) is 16.5. The highest BCUT2D eigenvalue weighted by Crippen LogP contribution is 2.38.